The Morgan fingerprint density at radius 1 is 1.30 bits per heavy atom. The summed E-state index contributed by atoms with van der Waals surface area (Å²) in [5, 5.41) is 10.7. The summed E-state index contributed by atoms with van der Waals surface area (Å²) in [7, 11) is 0. The Labute approximate surface area is 131 Å². The van der Waals surface area contributed by atoms with Crippen LogP contribution in [0.3, 0.4) is 0 Å². The zero-order chi connectivity index (χ0) is 14.7. The number of ether oxygens (including phenoxy) is 1. The highest BCUT2D eigenvalue weighted by Gasteiger charge is 2.15. The topological polar surface area (TPSA) is 91.3 Å². The molecule has 0 spiro atoms. The Morgan fingerprint density at radius 3 is 2.45 bits per heavy atom. The summed E-state index contributed by atoms with van der Waals surface area (Å²) in [5.41, 5.74) is 6.32. The SMILES string of the molecule is Nc1ccc(COc2c(Br)cc([N+](=O)[O-])cc2Br)cn1. The number of rotatable bonds is 4. The van der Waals surface area contributed by atoms with Crippen molar-refractivity contribution in [2.75, 3.05) is 5.73 Å². The molecule has 6 nitrogen and oxygen atoms in total. The summed E-state index contributed by atoms with van der Waals surface area (Å²) in [6.07, 6.45) is 1.61. The van der Waals surface area contributed by atoms with E-state index in [0.29, 0.717) is 20.5 Å². The molecule has 0 saturated heterocycles. The molecule has 1 aromatic heterocycles. The first-order valence-corrected chi connectivity index (χ1v) is 7.02. The third kappa shape index (κ3) is 3.45. The molecule has 2 rings (SSSR count). The lowest BCUT2D eigenvalue weighted by Crippen LogP contribution is -1.99. The van der Waals surface area contributed by atoms with E-state index >= 15 is 0 Å². The third-order valence-electron chi connectivity index (χ3n) is 2.42. The first-order valence-electron chi connectivity index (χ1n) is 5.44. The molecular formula is C12H9Br2N3O3. The first kappa shape index (κ1) is 14.7. The maximum Gasteiger partial charge on any atom is 0.271 e. The molecule has 104 valence electrons. The molecule has 0 aliphatic rings. The molecule has 20 heavy (non-hydrogen) atoms. The Hall–Kier alpha value is -1.67. The summed E-state index contributed by atoms with van der Waals surface area (Å²) in [4.78, 5) is 14.2. The van der Waals surface area contributed by atoms with Crippen LogP contribution in [0.4, 0.5) is 11.5 Å². The van der Waals surface area contributed by atoms with Gasteiger partial charge in [-0.1, -0.05) is 6.07 Å². The van der Waals surface area contributed by atoms with Gasteiger partial charge in [-0.25, -0.2) is 4.98 Å². The average Bonchev–Trinajstić information content (AvgIpc) is 2.39. The molecular weight excluding hydrogens is 394 g/mol. The van der Waals surface area contributed by atoms with Gasteiger partial charge >= 0.3 is 0 Å². The second kappa shape index (κ2) is 6.19. The maximum absolute atomic E-state index is 10.7. The normalized spacial score (nSPS) is 10.3. The lowest BCUT2D eigenvalue weighted by molar-refractivity contribution is -0.385. The van der Waals surface area contributed by atoms with Gasteiger partial charge in [0.1, 0.15) is 18.2 Å². The number of halogens is 2. The molecule has 0 amide bonds. The predicted molar refractivity (Wildman–Crippen MR) is 81.5 cm³/mol. The number of nitro groups is 1. The maximum atomic E-state index is 10.7. The molecule has 8 heteroatoms. The molecule has 2 aromatic rings. The van der Waals surface area contributed by atoms with Gasteiger partial charge in [0.2, 0.25) is 0 Å². The van der Waals surface area contributed by atoms with Crippen LogP contribution in [0.5, 0.6) is 5.75 Å². The first-order chi connectivity index (χ1) is 9.47. The highest BCUT2D eigenvalue weighted by molar-refractivity contribution is 9.11. The van der Waals surface area contributed by atoms with Crippen molar-refractivity contribution in [2.24, 2.45) is 0 Å². The standard InChI is InChI=1S/C12H9Br2N3O3/c13-9-3-8(17(18)19)4-10(14)12(9)20-6-7-1-2-11(15)16-5-7/h1-5H,6H2,(H2,15,16). The van der Waals surface area contributed by atoms with Crippen LogP contribution in [0.15, 0.2) is 39.4 Å². The molecule has 0 fully saturated rings. The number of nitro benzene ring substituents is 1. The van der Waals surface area contributed by atoms with E-state index in [1.165, 1.54) is 12.1 Å². The van der Waals surface area contributed by atoms with Crippen LogP contribution in [-0.4, -0.2) is 9.91 Å². The molecule has 0 unspecified atom stereocenters. The van der Waals surface area contributed by atoms with E-state index in [2.05, 4.69) is 36.8 Å². The van der Waals surface area contributed by atoms with E-state index in [1.807, 2.05) is 0 Å². The van der Waals surface area contributed by atoms with Gasteiger partial charge < -0.3 is 10.5 Å². The van der Waals surface area contributed by atoms with E-state index in [9.17, 15) is 10.1 Å². The highest BCUT2D eigenvalue weighted by Crippen LogP contribution is 2.37. The van der Waals surface area contributed by atoms with E-state index in [-0.39, 0.29) is 12.3 Å². The van der Waals surface area contributed by atoms with Crippen LogP contribution < -0.4 is 10.5 Å². The molecule has 0 radical (unpaired) electrons. The van der Waals surface area contributed by atoms with E-state index < -0.39 is 4.92 Å². The minimum atomic E-state index is -0.469. The summed E-state index contributed by atoms with van der Waals surface area (Å²) >= 11 is 6.51. The van der Waals surface area contributed by atoms with Crippen molar-refractivity contribution < 1.29 is 9.66 Å². The summed E-state index contributed by atoms with van der Waals surface area (Å²) < 4.78 is 6.63. The van der Waals surface area contributed by atoms with Gasteiger partial charge in [0.25, 0.3) is 5.69 Å². The van der Waals surface area contributed by atoms with Gasteiger partial charge in [-0.3, -0.25) is 10.1 Å². The lowest BCUT2D eigenvalue weighted by atomic mass is 10.3. The van der Waals surface area contributed by atoms with Crippen LogP contribution in [0.1, 0.15) is 5.56 Å². The number of nitrogens with two attached hydrogens (primary N) is 1. The summed E-state index contributed by atoms with van der Waals surface area (Å²) in [6, 6.07) is 6.26. The van der Waals surface area contributed by atoms with Crippen LogP contribution in [0.25, 0.3) is 0 Å². The molecule has 1 heterocycles. The average molecular weight is 403 g/mol. The van der Waals surface area contributed by atoms with Crippen molar-refractivity contribution >= 4 is 43.4 Å². The number of pyridine rings is 1. The second-order valence-corrected chi connectivity index (χ2v) is 5.58. The van der Waals surface area contributed by atoms with Crippen LogP contribution in [-0.2, 0) is 6.61 Å². The van der Waals surface area contributed by atoms with Gasteiger partial charge in [-0.2, -0.15) is 0 Å². The summed E-state index contributed by atoms with van der Waals surface area (Å²) in [6.45, 7) is 0.280. The van der Waals surface area contributed by atoms with Crippen LogP contribution in [0, 0.1) is 10.1 Å². The van der Waals surface area contributed by atoms with Crippen LogP contribution in [0.2, 0.25) is 0 Å². The monoisotopic (exact) mass is 401 g/mol. The van der Waals surface area contributed by atoms with Crippen molar-refractivity contribution in [2.45, 2.75) is 6.61 Å². The zero-order valence-electron chi connectivity index (χ0n) is 10.0. The number of nitrogen functional groups attached to an aromatic ring is 1. The van der Waals surface area contributed by atoms with E-state index in [0.717, 1.165) is 5.56 Å². The van der Waals surface area contributed by atoms with Gasteiger partial charge in [-0.15, -0.1) is 0 Å². The van der Waals surface area contributed by atoms with Crippen molar-refractivity contribution in [1.29, 1.82) is 0 Å². The number of nitrogens with zero attached hydrogens (tertiary/aromatic N) is 2. The van der Waals surface area contributed by atoms with Gasteiger partial charge in [0.05, 0.1) is 13.9 Å². The van der Waals surface area contributed by atoms with E-state index in [1.54, 1.807) is 18.3 Å². The Kier molecular flexibility index (Phi) is 4.56. The van der Waals surface area contributed by atoms with Crippen molar-refractivity contribution in [3.63, 3.8) is 0 Å². The van der Waals surface area contributed by atoms with Crippen molar-refractivity contribution in [1.82, 2.24) is 4.98 Å². The smallest absolute Gasteiger partial charge is 0.271 e. The van der Waals surface area contributed by atoms with E-state index in [4.69, 9.17) is 10.5 Å². The fraction of sp³-hybridized carbons (Fsp3) is 0.0833. The third-order valence-corrected chi connectivity index (χ3v) is 3.60. The fourth-order valence-corrected chi connectivity index (χ4v) is 2.86. The largest absolute Gasteiger partial charge is 0.486 e. The molecule has 1 aromatic carbocycles. The predicted octanol–water partition coefficient (Wildman–Crippen LogP) is 3.68. The number of hydrogen-bond acceptors (Lipinski definition) is 5. The Bertz CT molecular complexity index is 624. The van der Waals surface area contributed by atoms with Crippen molar-refractivity contribution in [3.05, 3.63) is 55.1 Å². The molecule has 0 aliphatic heterocycles. The lowest BCUT2D eigenvalue weighted by Gasteiger charge is -2.10. The van der Waals surface area contributed by atoms with Gasteiger partial charge in [0.15, 0.2) is 0 Å². The molecule has 0 bridgehead atoms. The fourth-order valence-electron chi connectivity index (χ4n) is 1.47. The van der Waals surface area contributed by atoms with Gasteiger partial charge in [0, 0.05) is 23.9 Å². The van der Waals surface area contributed by atoms with Crippen LogP contribution >= 0.6 is 31.9 Å². The number of benzene rings is 1. The number of non-ortho nitro benzene ring substituents is 1. The minimum absolute atomic E-state index is 0.0229. The van der Waals surface area contributed by atoms with Crippen molar-refractivity contribution in [3.8, 4) is 5.75 Å². The number of hydrogen-bond donors (Lipinski definition) is 1. The molecule has 0 aliphatic carbocycles. The quantitative estimate of drug-likeness (QED) is 0.622. The Morgan fingerprint density at radius 2 is 1.95 bits per heavy atom. The Balaban J connectivity index is 2.17. The second-order valence-electron chi connectivity index (χ2n) is 3.88. The highest BCUT2D eigenvalue weighted by atomic mass is 79.9. The van der Waals surface area contributed by atoms with Gasteiger partial charge in [-0.05, 0) is 37.9 Å². The summed E-state index contributed by atoms with van der Waals surface area (Å²) in [5.74, 6) is 0.930. The molecule has 2 N–H and O–H groups in total. The zero-order valence-corrected chi connectivity index (χ0v) is 13.2. The number of aromatic nitrogens is 1. The molecule has 0 saturated carbocycles. The molecule has 0 atom stereocenters. The minimum Gasteiger partial charge on any atom is -0.486 e. The number of anilines is 1.